The Morgan fingerprint density at radius 1 is 1.23 bits per heavy atom. The van der Waals surface area contributed by atoms with Crippen LogP contribution in [0.3, 0.4) is 0 Å². The summed E-state index contributed by atoms with van der Waals surface area (Å²) in [5, 5.41) is 3.07. The molecule has 0 heterocycles. The topological polar surface area (TPSA) is 12.0 Å². The molecular weight excluding hydrogens is 165 g/mol. The van der Waals surface area contributed by atoms with Crippen LogP contribution in [-0.4, -0.2) is 13.6 Å². The maximum Gasteiger partial charge on any atom is 0.126 e. The molecule has 0 saturated heterocycles. The van der Waals surface area contributed by atoms with Crippen LogP contribution in [0.5, 0.6) is 0 Å². The molecule has 0 radical (unpaired) electrons. The molecule has 0 aromatic heterocycles. The maximum absolute atomic E-state index is 13.1. The Kier molecular flexibility index (Phi) is 4.47. The van der Waals surface area contributed by atoms with Gasteiger partial charge in [0.15, 0.2) is 0 Å². The van der Waals surface area contributed by atoms with Crippen molar-refractivity contribution in [3.63, 3.8) is 0 Å². The number of unbranched alkanes of at least 4 members (excludes halogenated alkanes) is 1. The van der Waals surface area contributed by atoms with Gasteiger partial charge in [-0.15, -0.1) is 0 Å². The van der Waals surface area contributed by atoms with Crippen molar-refractivity contribution < 1.29 is 4.39 Å². The smallest absolute Gasteiger partial charge is 0.126 e. The molecule has 1 N–H and O–H groups in total. The SMILES string of the molecule is CNCCCCc1ccccc1F. The fraction of sp³-hybridized carbons (Fsp3) is 0.455. The minimum absolute atomic E-state index is 0.0769. The minimum Gasteiger partial charge on any atom is -0.320 e. The van der Waals surface area contributed by atoms with Crippen LogP contribution in [0.4, 0.5) is 4.39 Å². The molecule has 0 aliphatic carbocycles. The Morgan fingerprint density at radius 2 is 2.00 bits per heavy atom. The first kappa shape index (κ1) is 10.2. The van der Waals surface area contributed by atoms with Crippen molar-refractivity contribution in [2.24, 2.45) is 0 Å². The maximum atomic E-state index is 13.1. The summed E-state index contributed by atoms with van der Waals surface area (Å²) in [6.07, 6.45) is 2.99. The van der Waals surface area contributed by atoms with Gasteiger partial charge in [0.1, 0.15) is 5.82 Å². The number of aryl methyl sites for hydroxylation is 1. The second kappa shape index (κ2) is 5.70. The lowest BCUT2D eigenvalue weighted by Crippen LogP contribution is -2.07. The summed E-state index contributed by atoms with van der Waals surface area (Å²) < 4.78 is 13.1. The lowest BCUT2D eigenvalue weighted by molar-refractivity contribution is 0.596. The van der Waals surface area contributed by atoms with Crippen molar-refractivity contribution in [1.82, 2.24) is 5.32 Å². The zero-order chi connectivity index (χ0) is 9.52. The highest BCUT2D eigenvalue weighted by molar-refractivity contribution is 5.17. The third-order valence-corrected chi connectivity index (χ3v) is 2.08. The summed E-state index contributed by atoms with van der Waals surface area (Å²) in [5.41, 5.74) is 0.832. The zero-order valence-corrected chi connectivity index (χ0v) is 8.02. The first-order valence-electron chi connectivity index (χ1n) is 4.72. The van der Waals surface area contributed by atoms with E-state index in [1.165, 1.54) is 6.07 Å². The molecule has 13 heavy (non-hydrogen) atoms. The fourth-order valence-corrected chi connectivity index (χ4v) is 1.32. The zero-order valence-electron chi connectivity index (χ0n) is 8.02. The minimum atomic E-state index is -0.0769. The highest BCUT2D eigenvalue weighted by Crippen LogP contribution is 2.09. The van der Waals surface area contributed by atoms with Gasteiger partial charge in [-0.2, -0.15) is 0 Å². The molecular formula is C11H16FN. The van der Waals surface area contributed by atoms with E-state index in [0.717, 1.165) is 31.4 Å². The van der Waals surface area contributed by atoms with Crippen LogP contribution in [0.2, 0.25) is 0 Å². The monoisotopic (exact) mass is 181 g/mol. The van der Waals surface area contributed by atoms with Crippen LogP contribution < -0.4 is 5.32 Å². The third kappa shape index (κ3) is 3.55. The first-order chi connectivity index (χ1) is 6.34. The average Bonchev–Trinajstić information content (AvgIpc) is 2.15. The molecule has 2 heteroatoms. The van der Waals surface area contributed by atoms with Crippen molar-refractivity contribution in [1.29, 1.82) is 0 Å². The van der Waals surface area contributed by atoms with E-state index >= 15 is 0 Å². The second-order valence-electron chi connectivity index (χ2n) is 3.15. The number of hydrogen-bond donors (Lipinski definition) is 1. The Hall–Kier alpha value is -0.890. The van der Waals surface area contributed by atoms with Gasteiger partial charge in [-0.25, -0.2) is 4.39 Å². The van der Waals surface area contributed by atoms with E-state index in [-0.39, 0.29) is 5.82 Å². The molecule has 0 spiro atoms. The van der Waals surface area contributed by atoms with Gasteiger partial charge < -0.3 is 5.32 Å². The van der Waals surface area contributed by atoms with Crippen LogP contribution in [0, 0.1) is 5.82 Å². The lowest BCUT2D eigenvalue weighted by Gasteiger charge is -2.02. The number of nitrogens with one attached hydrogen (secondary N) is 1. The molecule has 1 rings (SSSR count). The Labute approximate surface area is 79.0 Å². The van der Waals surface area contributed by atoms with E-state index in [4.69, 9.17) is 0 Å². The van der Waals surface area contributed by atoms with Gasteiger partial charge in [0, 0.05) is 0 Å². The highest BCUT2D eigenvalue weighted by atomic mass is 19.1. The molecule has 72 valence electrons. The van der Waals surface area contributed by atoms with Gasteiger partial charge in [-0.1, -0.05) is 18.2 Å². The van der Waals surface area contributed by atoms with Crippen molar-refractivity contribution >= 4 is 0 Å². The molecule has 0 atom stereocenters. The molecule has 0 aliphatic rings. The van der Waals surface area contributed by atoms with E-state index < -0.39 is 0 Å². The molecule has 0 amide bonds. The number of hydrogen-bond acceptors (Lipinski definition) is 1. The molecule has 0 unspecified atom stereocenters. The van der Waals surface area contributed by atoms with Gasteiger partial charge in [0.2, 0.25) is 0 Å². The van der Waals surface area contributed by atoms with E-state index in [1.807, 2.05) is 19.2 Å². The van der Waals surface area contributed by atoms with Crippen LogP contribution in [0.15, 0.2) is 24.3 Å². The summed E-state index contributed by atoms with van der Waals surface area (Å²) in [4.78, 5) is 0. The normalized spacial score (nSPS) is 10.3. The van der Waals surface area contributed by atoms with Crippen molar-refractivity contribution in [3.8, 4) is 0 Å². The molecule has 0 bridgehead atoms. The molecule has 1 nitrogen and oxygen atoms in total. The van der Waals surface area contributed by atoms with Gasteiger partial charge in [-0.3, -0.25) is 0 Å². The van der Waals surface area contributed by atoms with Crippen molar-refractivity contribution in [3.05, 3.63) is 35.6 Å². The van der Waals surface area contributed by atoms with Crippen molar-refractivity contribution in [2.75, 3.05) is 13.6 Å². The molecule has 1 aromatic rings. The summed E-state index contributed by atoms with van der Waals surface area (Å²) in [7, 11) is 1.93. The van der Waals surface area contributed by atoms with Crippen molar-refractivity contribution in [2.45, 2.75) is 19.3 Å². The van der Waals surface area contributed by atoms with Crippen LogP contribution in [-0.2, 0) is 6.42 Å². The largest absolute Gasteiger partial charge is 0.320 e. The molecule has 0 fully saturated rings. The lowest BCUT2D eigenvalue weighted by atomic mass is 10.1. The standard InChI is InChI=1S/C11H16FN/c1-13-9-5-4-7-10-6-2-3-8-11(10)12/h2-3,6,8,13H,4-5,7,9H2,1H3. The first-order valence-corrected chi connectivity index (χ1v) is 4.72. The molecule has 0 aliphatic heterocycles. The predicted octanol–water partition coefficient (Wildman–Crippen LogP) is 2.37. The van der Waals surface area contributed by atoms with Gasteiger partial charge >= 0.3 is 0 Å². The van der Waals surface area contributed by atoms with Crippen LogP contribution in [0.25, 0.3) is 0 Å². The van der Waals surface area contributed by atoms with Gasteiger partial charge in [-0.05, 0) is 44.5 Å². The number of rotatable bonds is 5. The Bertz CT molecular complexity index is 248. The summed E-state index contributed by atoms with van der Waals surface area (Å²) in [6.45, 7) is 1.01. The summed E-state index contributed by atoms with van der Waals surface area (Å²) >= 11 is 0. The predicted molar refractivity (Wildman–Crippen MR) is 53.3 cm³/mol. The second-order valence-corrected chi connectivity index (χ2v) is 3.15. The van der Waals surface area contributed by atoms with E-state index in [9.17, 15) is 4.39 Å². The molecule has 1 aromatic carbocycles. The van der Waals surface area contributed by atoms with Gasteiger partial charge in [0.25, 0.3) is 0 Å². The summed E-state index contributed by atoms with van der Waals surface area (Å²) in [5.74, 6) is -0.0769. The Morgan fingerprint density at radius 3 is 2.69 bits per heavy atom. The Balaban J connectivity index is 2.32. The quantitative estimate of drug-likeness (QED) is 0.688. The number of benzene rings is 1. The highest BCUT2D eigenvalue weighted by Gasteiger charge is 1.98. The van der Waals surface area contributed by atoms with Crippen LogP contribution >= 0.6 is 0 Å². The van der Waals surface area contributed by atoms with E-state index in [0.29, 0.717) is 0 Å². The average molecular weight is 181 g/mol. The molecule has 0 saturated carbocycles. The third-order valence-electron chi connectivity index (χ3n) is 2.08. The number of halogens is 1. The summed E-state index contributed by atoms with van der Waals surface area (Å²) in [6, 6.07) is 6.99. The van der Waals surface area contributed by atoms with E-state index in [2.05, 4.69) is 5.32 Å². The van der Waals surface area contributed by atoms with Gasteiger partial charge in [0.05, 0.1) is 0 Å². The fourth-order valence-electron chi connectivity index (χ4n) is 1.32. The van der Waals surface area contributed by atoms with Crippen LogP contribution in [0.1, 0.15) is 18.4 Å². The van der Waals surface area contributed by atoms with E-state index in [1.54, 1.807) is 6.07 Å².